The number of anilines is 1. The molecular formula is C18H18ClNO5. The lowest BCUT2D eigenvalue weighted by Gasteiger charge is -2.18. The summed E-state index contributed by atoms with van der Waals surface area (Å²) in [6, 6.07) is 7.91. The summed E-state index contributed by atoms with van der Waals surface area (Å²) in [7, 11) is 4.31. The minimum atomic E-state index is -0.395. The van der Waals surface area contributed by atoms with Crippen molar-refractivity contribution in [2.45, 2.75) is 6.92 Å². The van der Waals surface area contributed by atoms with Crippen molar-refractivity contribution < 1.29 is 23.8 Å². The highest BCUT2D eigenvalue weighted by Crippen LogP contribution is 2.44. The van der Waals surface area contributed by atoms with Crippen molar-refractivity contribution in [2.75, 3.05) is 26.6 Å². The first-order valence-corrected chi connectivity index (χ1v) is 7.71. The van der Waals surface area contributed by atoms with Gasteiger partial charge in [0.1, 0.15) is 0 Å². The fourth-order valence-corrected chi connectivity index (χ4v) is 2.53. The number of Topliss-reactive ketones (excluding diaryl/α,β-unsaturated/α-hetero) is 1. The second-order valence-corrected chi connectivity index (χ2v) is 5.52. The quantitative estimate of drug-likeness (QED) is 0.790. The summed E-state index contributed by atoms with van der Waals surface area (Å²) in [4.78, 5) is 24.6. The highest BCUT2D eigenvalue weighted by atomic mass is 35.5. The van der Waals surface area contributed by atoms with Crippen LogP contribution in [0, 0.1) is 0 Å². The van der Waals surface area contributed by atoms with Crippen molar-refractivity contribution in [2.24, 2.45) is 0 Å². The molecule has 2 aromatic rings. The van der Waals surface area contributed by atoms with Crippen LogP contribution in [0.25, 0.3) is 0 Å². The summed E-state index contributed by atoms with van der Waals surface area (Å²) < 4.78 is 15.9. The van der Waals surface area contributed by atoms with E-state index in [2.05, 4.69) is 5.32 Å². The molecule has 0 aliphatic rings. The SMILES string of the molecule is COc1cc(NC(=O)c2ccc(Cl)cc2)c(C(C)=O)c(OC)c1OC. The van der Waals surface area contributed by atoms with Gasteiger partial charge in [0.15, 0.2) is 17.3 Å². The topological polar surface area (TPSA) is 73.9 Å². The maximum atomic E-state index is 12.5. The molecule has 0 bridgehead atoms. The number of rotatable bonds is 6. The molecule has 0 spiro atoms. The summed E-state index contributed by atoms with van der Waals surface area (Å²) >= 11 is 5.83. The number of carbonyl (C=O) groups is 2. The van der Waals surface area contributed by atoms with Crippen LogP contribution in [-0.4, -0.2) is 33.0 Å². The molecule has 1 N–H and O–H groups in total. The number of methoxy groups -OCH3 is 3. The van der Waals surface area contributed by atoms with Crippen LogP contribution >= 0.6 is 11.6 Å². The molecule has 0 saturated carbocycles. The molecule has 1 amide bonds. The molecule has 0 fully saturated rings. The lowest BCUT2D eigenvalue weighted by molar-refractivity contribution is 0.101. The van der Waals surface area contributed by atoms with Crippen molar-refractivity contribution >= 4 is 29.0 Å². The molecule has 0 heterocycles. The van der Waals surface area contributed by atoms with E-state index in [1.54, 1.807) is 24.3 Å². The third-order valence-electron chi connectivity index (χ3n) is 3.54. The predicted molar refractivity (Wildman–Crippen MR) is 95.5 cm³/mol. The molecule has 0 aromatic heterocycles. The lowest BCUT2D eigenvalue weighted by Crippen LogP contribution is -2.15. The van der Waals surface area contributed by atoms with Crippen molar-refractivity contribution in [3.8, 4) is 17.2 Å². The molecule has 0 aliphatic carbocycles. The maximum absolute atomic E-state index is 12.5. The van der Waals surface area contributed by atoms with Gasteiger partial charge in [0.05, 0.1) is 32.6 Å². The van der Waals surface area contributed by atoms with E-state index in [1.807, 2.05) is 0 Å². The first-order chi connectivity index (χ1) is 11.9. The number of halogens is 1. The number of carbonyl (C=O) groups excluding carboxylic acids is 2. The molecule has 7 heteroatoms. The summed E-state index contributed by atoms with van der Waals surface area (Å²) in [5.74, 6) is 0.119. The van der Waals surface area contributed by atoms with Crippen molar-refractivity contribution in [1.82, 2.24) is 0 Å². The summed E-state index contributed by atoms with van der Waals surface area (Å²) in [5.41, 5.74) is 0.858. The molecule has 0 radical (unpaired) electrons. The summed E-state index contributed by atoms with van der Waals surface area (Å²) in [6.45, 7) is 1.38. The number of hydrogen-bond acceptors (Lipinski definition) is 5. The van der Waals surface area contributed by atoms with Gasteiger partial charge < -0.3 is 19.5 Å². The molecule has 0 aliphatic heterocycles. The van der Waals surface area contributed by atoms with E-state index in [0.29, 0.717) is 16.3 Å². The van der Waals surface area contributed by atoms with Gasteiger partial charge in [0.25, 0.3) is 5.91 Å². The molecule has 25 heavy (non-hydrogen) atoms. The molecule has 2 aromatic carbocycles. The van der Waals surface area contributed by atoms with Gasteiger partial charge in [0, 0.05) is 16.7 Å². The Hall–Kier alpha value is -2.73. The Morgan fingerprint density at radius 1 is 0.960 bits per heavy atom. The van der Waals surface area contributed by atoms with Crippen molar-refractivity contribution in [1.29, 1.82) is 0 Å². The van der Waals surface area contributed by atoms with Crippen molar-refractivity contribution in [3.63, 3.8) is 0 Å². The molecule has 2 rings (SSSR count). The van der Waals surface area contributed by atoms with Crippen LogP contribution in [0.1, 0.15) is 27.6 Å². The molecular weight excluding hydrogens is 346 g/mol. The van der Waals surface area contributed by atoms with Gasteiger partial charge in [-0.25, -0.2) is 0 Å². The lowest BCUT2D eigenvalue weighted by atomic mass is 10.1. The summed E-state index contributed by atoms with van der Waals surface area (Å²) in [6.07, 6.45) is 0. The molecule has 6 nitrogen and oxygen atoms in total. The summed E-state index contributed by atoms with van der Waals surface area (Å²) in [5, 5.41) is 3.23. The molecule has 0 atom stereocenters. The first kappa shape index (κ1) is 18.6. The normalized spacial score (nSPS) is 10.1. The largest absolute Gasteiger partial charge is 0.493 e. The molecule has 0 unspecified atom stereocenters. The highest BCUT2D eigenvalue weighted by molar-refractivity contribution is 6.30. The smallest absolute Gasteiger partial charge is 0.255 e. The van der Waals surface area contributed by atoms with Crippen LogP contribution in [0.2, 0.25) is 5.02 Å². The Labute approximate surface area is 150 Å². The van der Waals surface area contributed by atoms with Crippen LogP contribution in [0.4, 0.5) is 5.69 Å². The van der Waals surface area contributed by atoms with Gasteiger partial charge >= 0.3 is 0 Å². The third-order valence-corrected chi connectivity index (χ3v) is 3.79. The Morgan fingerprint density at radius 2 is 1.56 bits per heavy atom. The van der Waals surface area contributed by atoms with Crippen LogP contribution < -0.4 is 19.5 Å². The third kappa shape index (κ3) is 3.85. The van der Waals surface area contributed by atoms with E-state index in [1.165, 1.54) is 34.3 Å². The minimum Gasteiger partial charge on any atom is -0.493 e. The van der Waals surface area contributed by atoms with Crippen molar-refractivity contribution in [3.05, 3.63) is 46.5 Å². The standard InChI is InChI=1S/C18H18ClNO5/c1-10(21)15-13(9-14(23-2)16(24-3)17(15)25-4)20-18(22)11-5-7-12(19)8-6-11/h5-9H,1-4H3,(H,20,22). The second-order valence-electron chi connectivity index (χ2n) is 5.09. The second kappa shape index (κ2) is 7.90. The van der Waals surface area contributed by atoms with E-state index in [9.17, 15) is 9.59 Å². The van der Waals surface area contributed by atoms with Gasteiger partial charge in [-0.2, -0.15) is 0 Å². The number of benzene rings is 2. The number of ketones is 1. The predicted octanol–water partition coefficient (Wildman–Crippen LogP) is 3.82. The van der Waals surface area contributed by atoms with E-state index >= 15 is 0 Å². The van der Waals surface area contributed by atoms with E-state index in [-0.39, 0.29) is 28.5 Å². The van der Waals surface area contributed by atoms with Gasteiger partial charge in [-0.3, -0.25) is 9.59 Å². The average Bonchev–Trinajstić information content (AvgIpc) is 2.60. The fourth-order valence-electron chi connectivity index (χ4n) is 2.40. The van der Waals surface area contributed by atoms with Crippen LogP contribution in [0.3, 0.4) is 0 Å². The van der Waals surface area contributed by atoms with Gasteiger partial charge in [0.2, 0.25) is 5.75 Å². The Balaban J connectivity index is 2.53. The number of nitrogens with one attached hydrogen (secondary N) is 1. The highest BCUT2D eigenvalue weighted by Gasteiger charge is 2.24. The van der Waals surface area contributed by atoms with Gasteiger partial charge in [-0.1, -0.05) is 11.6 Å². The Kier molecular flexibility index (Phi) is 5.88. The monoisotopic (exact) mass is 363 g/mol. The van der Waals surface area contributed by atoms with Crippen LogP contribution in [0.15, 0.2) is 30.3 Å². The maximum Gasteiger partial charge on any atom is 0.255 e. The van der Waals surface area contributed by atoms with E-state index < -0.39 is 5.91 Å². The zero-order valence-electron chi connectivity index (χ0n) is 14.3. The van der Waals surface area contributed by atoms with Gasteiger partial charge in [-0.05, 0) is 31.2 Å². The van der Waals surface area contributed by atoms with Crippen LogP contribution in [0.5, 0.6) is 17.2 Å². The Morgan fingerprint density at radius 3 is 2.04 bits per heavy atom. The van der Waals surface area contributed by atoms with E-state index in [4.69, 9.17) is 25.8 Å². The number of hydrogen-bond donors (Lipinski definition) is 1. The molecule has 132 valence electrons. The molecule has 0 saturated heterocycles. The first-order valence-electron chi connectivity index (χ1n) is 7.33. The average molecular weight is 364 g/mol. The van der Waals surface area contributed by atoms with Gasteiger partial charge in [-0.15, -0.1) is 0 Å². The zero-order valence-corrected chi connectivity index (χ0v) is 15.1. The van der Waals surface area contributed by atoms with Crippen LogP contribution in [-0.2, 0) is 0 Å². The Bertz CT molecular complexity index is 802. The fraction of sp³-hybridized carbons (Fsp3) is 0.222. The zero-order chi connectivity index (χ0) is 18.6. The number of ether oxygens (including phenoxy) is 3. The van der Waals surface area contributed by atoms with E-state index in [0.717, 1.165) is 0 Å². The number of amides is 1. The minimum absolute atomic E-state index is 0.195.